The van der Waals surface area contributed by atoms with Gasteiger partial charge in [-0.15, -0.1) is 0 Å². The van der Waals surface area contributed by atoms with Crippen LogP contribution in [-0.2, 0) is 13.5 Å². The van der Waals surface area contributed by atoms with E-state index < -0.39 is 5.60 Å². The second-order valence-electron chi connectivity index (χ2n) is 5.27. The van der Waals surface area contributed by atoms with Crippen molar-refractivity contribution in [3.05, 3.63) is 29.9 Å². The first kappa shape index (κ1) is 14.0. The maximum absolute atomic E-state index is 10.3. The van der Waals surface area contributed by atoms with Gasteiger partial charge in [-0.05, 0) is 40.0 Å². The van der Waals surface area contributed by atoms with Gasteiger partial charge in [-0.2, -0.15) is 0 Å². The topological polar surface area (TPSA) is 38.1 Å². The highest BCUT2D eigenvalue weighted by Gasteiger charge is 2.19. The number of hydrogen-bond acceptors (Lipinski definition) is 2. The van der Waals surface area contributed by atoms with E-state index in [1.54, 1.807) is 6.20 Å². The third kappa shape index (κ3) is 5.18. The van der Waals surface area contributed by atoms with Gasteiger partial charge in [0.2, 0.25) is 0 Å². The Hall–Kier alpha value is -1.09. The Bertz CT molecular complexity index is 373. The lowest BCUT2D eigenvalue weighted by Crippen LogP contribution is -2.25. The number of aryl methyl sites for hydroxylation is 2. The van der Waals surface area contributed by atoms with Crippen LogP contribution in [0.15, 0.2) is 24.0 Å². The molecule has 0 saturated carbocycles. The van der Waals surface area contributed by atoms with Crippen molar-refractivity contribution in [1.82, 2.24) is 9.55 Å². The van der Waals surface area contributed by atoms with Gasteiger partial charge in [0, 0.05) is 25.9 Å². The van der Waals surface area contributed by atoms with E-state index in [1.807, 2.05) is 24.7 Å². The minimum atomic E-state index is -0.599. The van der Waals surface area contributed by atoms with Crippen LogP contribution in [-0.4, -0.2) is 20.3 Å². The van der Waals surface area contributed by atoms with Crippen molar-refractivity contribution in [2.24, 2.45) is 7.05 Å². The SMILES string of the molecule is CC(C)=CCCC(C)(O)CCc1nccn1C. The molecule has 1 heterocycles. The molecule has 0 saturated heterocycles. The average molecular weight is 236 g/mol. The molecule has 1 atom stereocenters. The molecule has 0 fully saturated rings. The first-order chi connectivity index (χ1) is 7.91. The third-order valence-electron chi connectivity index (χ3n) is 3.04. The molecule has 3 heteroatoms. The Balaban J connectivity index is 2.39. The van der Waals surface area contributed by atoms with Crippen LogP contribution in [0.5, 0.6) is 0 Å². The molecule has 1 aromatic rings. The summed E-state index contributed by atoms with van der Waals surface area (Å²) in [7, 11) is 1.99. The maximum atomic E-state index is 10.3. The van der Waals surface area contributed by atoms with Crippen molar-refractivity contribution in [2.45, 2.75) is 52.1 Å². The van der Waals surface area contributed by atoms with Crippen molar-refractivity contribution in [3.8, 4) is 0 Å². The fourth-order valence-corrected chi connectivity index (χ4v) is 1.82. The summed E-state index contributed by atoms with van der Waals surface area (Å²) in [4.78, 5) is 4.27. The predicted octanol–water partition coefficient (Wildman–Crippen LogP) is 2.85. The summed E-state index contributed by atoms with van der Waals surface area (Å²) in [5.74, 6) is 1.03. The molecule has 96 valence electrons. The van der Waals surface area contributed by atoms with E-state index in [4.69, 9.17) is 0 Å². The summed E-state index contributed by atoms with van der Waals surface area (Å²) < 4.78 is 2.01. The van der Waals surface area contributed by atoms with Crippen LogP contribution in [0.3, 0.4) is 0 Å². The zero-order valence-electron chi connectivity index (χ0n) is 11.4. The Labute approximate surface area is 104 Å². The highest BCUT2D eigenvalue weighted by molar-refractivity contribution is 4.96. The average Bonchev–Trinajstić information content (AvgIpc) is 2.60. The van der Waals surface area contributed by atoms with Crippen molar-refractivity contribution in [2.75, 3.05) is 0 Å². The number of nitrogens with zero attached hydrogens (tertiary/aromatic N) is 2. The van der Waals surface area contributed by atoms with Gasteiger partial charge in [0.25, 0.3) is 0 Å². The number of imidazole rings is 1. The monoisotopic (exact) mass is 236 g/mol. The van der Waals surface area contributed by atoms with Crippen molar-refractivity contribution in [3.63, 3.8) is 0 Å². The lowest BCUT2D eigenvalue weighted by Gasteiger charge is -2.22. The minimum absolute atomic E-state index is 0.599. The number of aromatic nitrogens is 2. The molecule has 1 N–H and O–H groups in total. The zero-order chi connectivity index (χ0) is 12.9. The number of hydrogen-bond donors (Lipinski definition) is 1. The Morgan fingerprint density at radius 2 is 2.18 bits per heavy atom. The number of rotatable bonds is 6. The Kier molecular flexibility index (Phi) is 4.94. The fourth-order valence-electron chi connectivity index (χ4n) is 1.82. The van der Waals surface area contributed by atoms with Gasteiger partial charge >= 0.3 is 0 Å². The van der Waals surface area contributed by atoms with Crippen molar-refractivity contribution in [1.29, 1.82) is 0 Å². The third-order valence-corrected chi connectivity index (χ3v) is 3.04. The van der Waals surface area contributed by atoms with Gasteiger partial charge in [0.1, 0.15) is 5.82 Å². The first-order valence-corrected chi connectivity index (χ1v) is 6.23. The molecule has 17 heavy (non-hydrogen) atoms. The molecule has 1 unspecified atom stereocenters. The fraction of sp³-hybridized carbons (Fsp3) is 0.643. The Morgan fingerprint density at radius 3 is 2.71 bits per heavy atom. The highest BCUT2D eigenvalue weighted by Crippen LogP contribution is 2.19. The highest BCUT2D eigenvalue weighted by atomic mass is 16.3. The summed E-state index contributed by atoms with van der Waals surface area (Å²) in [6.45, 7) is 6.08. The quantitative estimate of drug-likeness (QED) is 0.771. The van der Waals surface area contributed by atoms with E-state index in [0.717, 1.165) is 31.5 Å². The molecular formula is C14H24N2O. The Morgan fingerprint density at radius 1 is 1.47 bits per heavy atom. The van der Waals surface area contributed by atoms with Crippen LogP contribution in [0.1, 0.15) is 45.9 Å². The second kappa shape index (κ2) is 6.01. The van der Waals surface area contributed by atoms with Crippen LogP contribution >= 0.6 is 0 Å². The number of allylic oxidation sites excluding steroid dienone is 2. The van der Waals surface area contributed by atoms with Crippen LogP contribution in [0.25, 0.3) is 0 Å². The van der Waals surface area contributed by atoms with Gasteiger partial charge < -0.3 is 9.67 Å². The second-order valence-corrected chi connectivity index (χ2v) is 5.27. The van der Waals surface area contributed by atoms with Gasteiger partial charge in [-0.25, -0.2) is 4.98 Å². The molecule has 1 aromatic heterocycles. The largest absolute Gasteiger partial charge is 0.390 e. The van der Waals surface area contributed by atoms with E-state index in [-0.39, 0.29) is 0 Å². The summed E-state index contributed by atoms with van der Waals surface area (Å²) >= 11 is 0. The summed E-state index contributed by atoms with van der Waals surface area (Å²) in [6.07, 6.45) is 9.24. The molecule has 1 rings (SSSR count). The van der Waals surface area contributed by atoms with Gasteiger partial charge in [-0.1, -0.05) is 11.6 Å². The summed E-state index contributed by atoms with van der Waals surface area (Å²) in [5, 5.41) is 10.3. The van der Waals surface area contributed by atoms with Crippen LogP contribution in [0.4, 0.5) is 0 Å². The molecule has 0 aromatic carbocycles. The van der Waals surface area contributed by atoms with Gasteiger partial charge in [0.05, 0.1) is 5.60 Å². The molecule has 0 radical (unpaired) electrons. The van der Waals surface area contributed by atoms with Gasteiger partial charge in [-0.3, -0.25) is 0 Å². The standard InChI is InChI=1S/C14H24N2O/c1-12(2)6-5-8-14(3,17)9-7-13-15-10-11-16(13)4/h6,10-11,17H,5,7-9H2,1-4H3. The van der Waals surface area contributed by atoms with E-state index in [0.29, 0.717) is 0 Å². The molecule has 0 bridgehead atoms. The summed E-state index contributed by atoms with van der Waals surface area (Å²) in [5.41, 5.74) is 0.711. The molecular weight excluding hydrogens is 212 g/mol. The molecule has 0 aliphatic carbocycles. The summed E-state index contributed by atoms with van der Waals surface area (Å²) in [6, 6.07) is 0. The van der Waals surface area contributed by atoms with Crippen molar-refractivity contribution < 1.29 is 5.11 Å². The number of aliphatic hydroxyl groups is 1. The van der Waals surface area contributed by atoms with E-state index in [1.165, 1.54) is 5.57 Å². The van der Waals surface area contributed by atoms with Gasteiger partial charge in [0.15, 0.2) is 0 Å². The molecule has 0 aliphatic rings. The molecule has 0 aliphatic heterocycles. The normalized spacial score (nSPS) is 14.4. The molecule has 0 amide bonds. The van der Waals surface area contributed by atoms with Crippen LogP contribution in [0.2, 0.25) is 0 Å². The lowest BCUT2D eigenvalue weighted by molar-refractivity contribution is 0.0426. The smallest absolute Gasteiger partial charge is 0.108 e. The van der Waals surface area contributed by atoms with Crippen LogP contribution < -0.4 is 0 Å². The molecule has 3 nitrogen and oxygen atoms in total. The van der Waals surface area contributed by atoms with Crippen LogP contribution in [0, 0.1) is 0 Å². The van der Waals surface area contributed by atoms with E-state index in [2.05, 4.69) is 24.9 Å². The first-order valence-electron chi connectivity index (χ1n) is 6.23. The minimum Gasteiger partial charge on any atom is -0.390 e. The van der Waals surface area contributed by atoms with Crippen molar-refractivity contribution >= 4 is 0 Å². The van der Waals surface area contributed by atoms with E-state index in [9.17, 15) is 5.11 Å². The molecule has 0 spiro atoms. The lowest BCUT2D eigenvalue weighted by atomic mass is 9.94. The van der Waals surface area contributed by atoms with E-state index >= 15 is 0 Å². The maximum Gasteiger partial charge on any atom is 0.108 e. The zero-order valence-corrected chi connectivity index (χ0v) is 11.4. The predicted molar refractivity (Wildman–Crippen MR) is 70.8 cm³/mol.